The number of fused-ring (bicyclic) bond motifs is 1. The van der Waals surface area contributed by atoms with Crippen LogP contribution in [0.5, 0.6) is 0 Å². The number of aromatic nitrogens is 3. The molecular weight excluding hydrogens is 248 g/mol. The van der Waals surface area contributed by atoms with Gasteiger partial charge in [0.25, 0.3) is 0 Å². The molecule has 0 radical (unpaired) electrons. The quantitative estimate of drug-likeness (QED) is 0.683. The molecule has 0 bridgehead atoms. The topological polar surface area (TPSA) is 56.7 Å². The number of imidazole rings is 1. The molecule has 0 aliphatic rings. The lowest BCUT2D eigenvalue weighted by Crippen LogP contribution is -1.94. The van der Waals surface area contributed by atoms with Gasteiger partial charge < -0.3 is 10.3 Å². The highest BCUT2D eigenvalue weighted by Gasteiger charge is 2.10. The normalized spacial score (nSPS) is 11.0. The number of nitrogens with zero attached hydrogens (tertiary/aromatic N) is 3. The second-order valence-corrected chi connectivity index (χ2v) is 4.55. The van der Waals surface area contributed by atoms with Crippen LogP contribution in [-0.4, -0.2) is 14.5 Å². The first kappa shape index (κ1) is 11.0. The minimum atomic E-state index is 0.587. The number of benzene rings is 1. The van der Waals surface area contributed by atoms with Crippen LogP contribution >= 0.6 is 11.6 Å². The van der Waals surface area contributed by atoms with Crippen molar-refractivity contribution in [1.82, 2.24) is 14.5 Å². The highest BCUT2D eigenvalue weighted by atomic mass is 35.5. The largest absolute Gasteiger partial charge is 0.399 e. The predicted molar refractivity (Wildman–Crippen MR) is 73.4 cm³/mol. The van der Waals surface area contributed by atoms with Gasteiger partial charge in [0.15, 0.2) is 5.65 Å². The van der Waals surface area contributed by atoms with E-state index in [0.717, 1.165) is 28.2 Å². The Hall–Kier alpha value is -2.07. The van der Waals surface area contributed by atoms with Crippen LogP contribution in [0, 0.1) is 0 Å². The second kappa shape index (κ2) is 3.99. The first-order chi connectivity index (χ1) is 8.65. The zero-order valence-corrected chi connectivity index (χ0v) is 10.5. The maximum Gasteiger partial charge on any atom is 0.160 e. The number of pyridine rings is 1. The van der Waals surface area contributed by atoms with E-state index in [1.807, 2.05) is 41.9 Å². The van der Waals surface area contributed by atoms with Crippen LogP contribution in [0.2, 0.25) is 5.02 Å². The molecule has 5 heteroatoms. The SMILES string of the molecule is Cn1c(-c2ccc(N)cc2)nc2cc(Cl)cnc21. The molecule has 0 aliphatic carbocycles. The third kappa shape index (κ3) is 1.71. The summed E-state index contributed by atoms with van der Waals surface area (Å²) in [5, 5.41) is 0.587. The molecular formula is C13H11ClN4. The molecule has 0 atom stereocenters. The summed E-state index contributed by atoms with van der Waals surface area (Å²) in [6.45, 7) is 0. The van der Waals surface area contributed by atoms with Crippen LogP contribution in [0.3, 0.4) is 0 Å². The highest BCUT2D eigenvalue weighted by Crippen LogP contribution is 2.24. The van der Waals surface area contributed by atoms with Gasteiger partial charge in [-0.2, -0.15) is 0 Å². The molecule has 0 saturated heterocycles. The smallest absolute Gasteiger partial charge is 0.160 e. The van der Waals surface area contributed by atoms with Gasteiger partial charge in [-0.15, -0.1) is 0 Å². The second-order valence-electron chi connectivity index (χ2n) is 4.11. The first-order valence-corrected chi connectivity index (χ1v) is 5.87. The van der Waals surface area contributed by atoms with Gasteiger partial charge in [-0.25, -0.2) is 9.97 Å². The van der Waals surface area contributed by atoms with Crippen molar-refractivity contribution in [2.75, 3.05) is 5.73 Å². The van der Waals surface area contributed by atoms with Gasteiger partial charge in [0.05, 0.1) is 5.02 Å². The summed E-state index contributed by atoms with van der Waals surface area (Å²) in [6.07, 6.45) is 1.62. The Balaban J connectivity index is 2.23. The van der Waals surface area contributed by atoms with E-state index in [1.54, 1.807) is 6.20 Å². The number of hydrogen-bond donors (Lipinski definition) is 1. The minimum Gasteiger partial charge on any atom is -0.399 e. The summed E-state index contributed by atoms with van der Waals surface area (Å²) < 4.78 is 1.94. The average molecular weight is 259 g/mol. The van der Waals surface area contributed by atoms with Gasteiger partial charge in [-0.1, -0.05) is 11.6 Å². The molecule has 3 rings (SSSR count). The maximum atomic E-state index is 5.92. The zero-order chi connectivity index (χ0) is 12.7. The number of rotatable bonds is 1. The number of aryl methyl sites for hydroxylation is 1. The van der Waals surface area contributed by atoms with Gasteiger partial charge in [0.2, 0.25) is 0 Å². The number of hydrogen-bond acceptors (Lipinski definition) is 3. The van der Waals surface area contributed by atoms with Crippen molar-refractivity contribution in [2.24, 2.45) is 7.05 Å². The van der Waals surface area contributed by atoms with E-state index in [1.165, 1.54) is 0 Å². The molecule has 0 spiro atoms. The standard InChI is InChI=1S/C13H11ClN4/c1-18-12(8-2-4-10(15)5-3-8)17-11-6-9(14)7-16-13(11)18/h2-7H,15H2,1H3. The van der Waals surface area contributed by atoms with E-state index in [2.05, 4.69) is 9.97 Å². The van der Waals surface area contributed by atoms with Crippen molar-refractivity contribution in [1.29, 1.82) is 0 Å². The zero-order valence-electron chi connectivity index (χ0n) is 9.76. The molecule has 2 aromatic heterocycles. The fraction of sp³-hybridized carbons (Fsp3) is 0.0769. The number of nitrogen functional groups attached to an aromatic ring is 1. The molecule has 0 unspecified atom stereocenters. The monoisotopic (exact) mass is 258 g/mol. The molecule has 2 N–H and O–H groups in total. The Morgan fingerprint density at radius 2 is 1.94 bits per heavy atom. The van der Waals surface area contributed by atoms with Crippen molar-refractivity contribution in [2.45, 2.75) is 0 Å². The van der Waals surface area contributed by atoms with Gasteiger partial charge >= 0.3 is 0 Å². The first-order valence-electron chi connectivity index (χ1n) is 5.49. The molecule has 3 aromatic rings. The molecule has 0 fully saturated rings. The lowest BCUT2D eigenvalue weighted by atomic mass is 10.2. The summed E-state index contributed by atoms with van der Waals surface area (Å²) in [6, 6.07) is 9.41. The fourth-order valence-corrected chi connectivity index (χ4v) is 2.09. The van der Waals surface area contributed by atoms with Crippen molar-refractivity contribution in [3.05, 3.63) is 41.6 Å². The third-order valence-corrected chi connectivity index (χ3v) is 3.05. The number of nitrogens with two attached hydrogens (primary N) is 1. The molecule has 0 amide bonds. The van der Waals surface area contributed by atoms with Crippen LogP contribution < -0.4 is 5.73 Å². The van der Waals surface area contributed by atoms with Gasteiger partial charge in [0.1, 0.15) is 11.3 Å². The summed E-state index contributed by atoms with van der Waals surface area (Å²) >= 11 is 5.92. The summed E-state index contributed by atoms with van der Waals surface area (Å²) in [7, 11) is 1.93. The average Bonchev–Trinajstić information content (AvgIpc) is 2.67. The third-order valence-electron chi connectivity index (χ3n) is 2.84. The van der Waals surface area contributed by atoms with E-state index < -0.39 is 0 Å². The molecule has 2 heterocycles. The Kier molecular flexibility index (Phi) is 2.45. The van der Waals surface area contributed by atoms with Crippen LogP contribution in [0.1, 0.15) is 0 Å². The van der Waals surface area contributed by atoms with E-state index in [0.29, 0.717) is 5.02 Å². The van der Waals surface area contributed by atoms with Crippen molar-refractivity contribution in [3.8, 4) is 11.4 Å². The summed E-state index contributed by atoms with van der Waals surface area (Å²) in [4.78, 5) is 8.84. The van der Waals surface area contributed by atoms with E-state index >= 15 is 0 Å². The van der Waals surface area contributed by atoms with Crippen LogP contribution in [0.4, 0.5) is 5.69 Å². The van der Waals surface area contributed by atoms with Gasteiger partial charge in [-0.05, 0) is 30.3 Å². The predicted octanol–water partition coefficient (Wildman–Crippen LogP) is 2.87. The van der Waals surface area contributed by atoms with Crippen molar-refractivity contribution in [3.63, 3.8) is 0 Å². The molecule has 0 aliphatic heterocycles. The molecule has 4 nitrogen and oxygen atoms in total. The molecule has 18 heavy (non-hydrogen) atoms. The number of anilines is 1. The maximum absolute atomic E-state index is 5.92. The fourth-order valence-electron chi connectivity index (χ4n) is 1.94. The van der Waals surface area contributed by atoms with Crippen molar-refractivity contribution < 1.29 is 0 Å². The van der Waals surface area contributed by atoms with Gasteiger partial charge in [0, 0.05) is 24.5 Å². The Labute approximate surface area is 109 Å². The van der Waals surface area contributed by atoms with E-state index in [-0.39, 0.29) is 0 Å². The number of halogens is 1. The van der Waals surface area contributed by atoms with Gasteiger partial charge in [-0.3, -0.25) is 0 Å². The summed E-state index contributed by atoms with van der Waals surface area (Å²) in [5.74, 6) is 0.847. The van der Waals surface area contributed by atoms with Crippen LogP contribution in [0.15, 0.2) is 36.5 Å². The van der Waals surface area contributed by atoms with Crippen LogP contribution in [-0.2, 0) is 7.05 Å². The Morgan fingerprint density at radius 1 is 1.22 bits per heavy atom. The molecule has 90 valence electrons. The lowest BCUT2D eigenvalue weighted by molar-refractivity contribution is 0.942. The Bertz CT molecular complexity index is 716. The Morgan fingerprint density at radius 3 is 2.67 bits per heavy atom. The highest BCUT2D eigenvalue weighted by molar-refractivity contribution is 6.31. The molecule has 1 aromatic carbocycles. The van der Waals surface area contributed by atoms with E-state index in [9.17, 15) is 0 Å². The molecule has 0 saturated carbocycles. The lowest BCUT2D eigenvalue weighted by Gasteiger charge is -2.02. The van der Waals surface area contributed by atoms with E-state index in [4.69, 9.17) is 17.3 Å². The summed E-state index contributed by atoms with van der Waals surface area (Å²) in [5.41, 5.74) is 9.02. The minimum absolute atomic E-state index is 0.587. The van der Waals surface area contributed by atoms with Crippen molar-refractivity contribution >= 4 is 28.5 Å². The van der Waals surface area contributed by atoms with Crippen LogP contribution in [0.25, 0.3) is 22.6 Å².